The van der Waals surface area contributed by atoms with Gasteiger partial charge in [-0.05, 0) is 73.2 Å². The number of halogens is 1. The van der Waals surface area contributed by atoms with Crippen molar-refractivity contribution < 1.29 is 28.9 Å². The summed E-state index contributed by atoms with van der Waals surface area (Å²) in [4.78, 5) is 26.3. The van der Waals surface area contributed by atoms with Crippen LogP contribution in [0.5, 0.6) is 11.5 Å². The van der Waals surface area contributed by atoms with Crippen LogP contribution in [0.4, 0.5) is 0 Å². The fourth-order valence-corrected chi connectivity index (χ4v) is 5.10. The average Bonchev–Trinajstić information content (AvgIpc) is 3.28. The maximum Gasteiger partial charge on any atom is 0.336 e. The van der Waals surface area contributed by atoms with Gasteiger partial charge >= 0.3 is 5.97 Å². The molecule has 0 aromatic heterocycles. The molecule has 0 bridgehead atoms. The molecule has 2 heterocycles. The van der Waals surface area contributed by atoms with Crippen molar-refractivity contribution in [3.05, 3.63) is 44.7 Å². The third-order valence-corrected chi connectivity index (χ3v) is 6.71. The topological polar surface area (TPSA) is 94.1 Å². The van der Waals surface area contributed by atoms with Crippen LogP contribution in [-0.4, -0.2) is 42.8 Å². The summed E-state index contributed by atoms with van der Waals surface area (Å²) in [7, 11) is 0. The Morgan fingerprint density at radius 3 is 2.84 bits per heavy atom. The van der Waals surface area contributed by atoms with Gasteiger partial charge in [-0.15, -0.1) is 0 Å². The largest absolute Gasteiger partial charge is 0.503 e. The van der Waals surface area contributed by atoms with Crippen molar-refractivity contribution in [1.82, 2.24) is 5.32 Å². The predicted octanol–water partition coefficient (Wildman–Crippen LogP) is 4.24. The lowest BCUT2D eigenvalue weighted by Crippen LogP contribution is -2.35. The van der Waals surface area contributed by atoms with E-state index in [-0.39, 0.29) is 24.2 Å². The Hall–Kier alpha value is -2.32. The number of hydrogen-bond acceptors (Lipinski definition) is 7. The molecule has 0 spiro atoms. The molecule has 7 nitrogen and oxygen atoms in total. The Balaban J connectivity index is 1.76. The second-order valence-electron chi connectivity index (χ2n) is 8.28. The van der Waals surface area contributed by atoms with Gasteiger partial charge in [0.25, 0.3) is 0 Å². The molecule has 0 radical (unpaired) electrons. The van der Waals surface area contributed by atoms with Crippen molar-refractivity contribution in [3.63, 3.8) is 0 Å². The highest BCUT2D eigenvalue weighted by atomic mass is 79.9. The van der Waals surface area contributed by atoms with Crippen molar-refractivity contribution >= 4 is 27.7 Å². The smallest absolute Gasteiger partial charge is 0.336 e. The molecule has 1 saturated heterocycles. The number of aromatic hydroxyl groups is 1. The van der Waals surface area contributed by atoms with Crippen molar-refractivity contribution in [2.75, 3.05) is 19.8 Å². The number of Topliss-reactive ketones (excluding diaryl/α,β-unsaturated/α-hetero) is 1. The van der Waals surface area contributed by atoms with Crippen LogP contribution in [0.3, 0.4) is 0 Å². The lowest BCUT2D eigenvalue weighted by molar-refractivity contribution is -0.142. The predicted molar refractivity (Wildman–Crippen MR) is 121 cm³/mol. The van der Waals surface area contributed by atoms with E-state index in [1.54, 1.807) is 12.1 Å². The molecule has 2 N–H and O–H groups in total. The van der Waals surface area contributed by atoms with Crippen LogP contribution >= 0.6 is 15.9 Å². The Morgan fingerprint density at radius 1 is 1.31 bits per heavy atom. The number of esters is 1. The molecule has 2 atom stereocenters. The molecule has 3 aliphatic rings. The minimum absolute atomic E-state index is 0.0165. The van der Waals surface area contributed by atoms with Crippen LogP contribution in [-0.2, 0) is 19.1 Å². The number of allylic oxidation sites excluding steroid dienone is 3. The molecule has 32 heavy (non-hydrogen) atoms. The van der Waals surface area contributed by atoms with E-state index in [4.69, 9.17) is 14.2 Å². The molecule has 0 saturated carbocycles. The highest BCUT2D eigenvalue weighted by Crippen LogP contribution is 2.46. The summed E-state index contributed by atoms with van der Waals surface area (Å²) in [6.45, 7) is 4.89. The first-order valence-electron chi connectivity index (χ1n) is 11.1. The number of nitrogens with one attached hydrogen (secondary N) is 1. The molecule has 1 aliphatic carbocycles. The van der Waals surface area contributed by atoms with Gasteiger partial charge in [0.1, 0.15) is 6.61 Å². The molecule has 1 aromatic carbocycles. The fourth-order valence-electron chi connectivity index (χ4n) is 4.64. The monoisotopic (exact) mass is 505 g/mol. The average molecular weight is 506 g/mol. The Morgan fingerprint density at radius 2 is 2.12 bits per heavy atom. The summed E-state index contributed by atoms with van der Waals surface area (Å²) in [6, 6.07) is 3.44. The first-order chi connectivity index (χ1) is 15.4. The molecular formula is C24H28BrNO6. The first kappa shape index (κ1) is 22.9. The van der Waals surface area contributed by atoms with Gasteiger partial charge in [0.05, 0.1) is 22.8 Å². The van der Waals surface area contributed by atoms with Crippen molar-refractivity contribution in [3.8, 4) is 11.5 Å². The summed E-state index contributed by atoms with van der Waals surface area (Å²) in [5, 5.41) is 13.7. The molecule has 1 aromatic rings. The third kappa shape index (κ3) is 4.43. The molecule has 1 fully saturated rings. The van der Waals surface area contributed by atoms with Crippen LogP contribution in [0.2, 0.25) is 0 Å². The van der Waals surface area contributed by atoms with E-state index in [0.717, 1.165) is 31.4 Å². The number of carbonyl (C=O) groups excluding carboxylic acids is 2. The second kappa shape index (κ2) is 9.67. The molecule has 172 valence electrons. The summed E-state index contributed by atoms with van der Waals surface area (Å²) in [6.07, 6.45) is 3.68. The van der Waals surface area contributed by atoms with Gasteiger partial charge in [-0.25, -0.2) is 4.79 Å². The quantitative estimate of drug-likeness (QED) is 0.558. The summed E-state index contributed by atoms with van der Waals surface area (Å²) in [5.41, 5.74) is 3.19. The van der Waals surface area contributed by atoms with Gasteiger partial charge in [-0.3, -0.25) is 4.79 Å². The van der Waals surface area contributed by atoms with Crippen LogP contribution in [0.1, 0.15) is 57.4 Å². The van der Waals surface area contributed by atoms with Crippen LogP contribution in [0.15, 0.2) is 39.1 Å². The molecule has 0 unspecified atom stereocenters. The molecule has 2 aliphatic heterocycles. The number of phenols is 1. The molecule has 4 rings (SSSR count). The molecular weight excluding hydrogens is 478 g/mol. The lowest BCUT2D eigenvalue weighted by Gasteiger charge is -2.34. The second-order valence-corrected chi connectivity index (χ2v) is 9.14. The third-order valence-electron chi connectivity index (χ3n) is 6.10. The van der Waals surface area contributed by atoms with Gasteiger partial charge in [0.15, 0.2) is 17.3 Å². The van der Waals surface area contributed by atoms with Gasteiger partial charge in [0.2, 0.25) is 0 Å². The highest BCUT2D eigenvalue weighted by Gasteiger charge is 2.40. The summed E-state index contributed by atoms with van der Waals surface area (Å²) < 4.78 is 17.3. The number of rotatable bonds is 6. The number of carbonyl (C=O) groups is 2. The Bertz CT molecular complexity index is 992. The highest BCUT2D eigenvalue weighted by molar-refractivity contribution is 9.10. The van der Waals surface area contributed by atoms with E-state index in [9.17, 15) is 14.7 Å². The van der Waals surface area contributed by atoms with Gasteiger partial charge in [-0.1, -0.05) is 0 Å². The van der Waals surface area contributed by atoms with Gasteiger partial charge in [0, 0.05) is 35.9 Å². The fraction of sp³-hybridized carbons (Fsp3) is 0.500. The Labute approximate surface area is 195 Å². The first-order valence-corrected chi connectivity index (χ1v) is 11.9. The summed E-state index contributed by atoms with van der Waals surface area (Å²) in [5.74, 6) is -0.778. The molecule has 0 amide bonds. The number of benzene rings is 1. The normalized spacial score (nSPS) is 23.2. The maximum atomic E-state index is 13.3. The maximum absolute atomic E-state index is 13.3. The minimum Gasteiger partial charge on any atom is -0.503 e. The standard InChI is InChI=1S/C24H28BrNO6/c1-3-30-19-11-14(10-16(25)23(19)28)21-20(24(29)32-12-15-6-5-9-31-15)13(2)26-17-7-4-8-18(27)22(17)21/h10-11,15,21,26,28H,3-9,12H2,1-2H3/t15-,21+/m1/s1. The van der Waals surface area contributed by atoms with Gasteiger partial charge < -0.3 is 24.6 Å². The number of dihydropyridines is 1. The number of ketones is 1. The zero-order chi connectivity index (χ0) is 22.8. The van der Waals surface area contributed by atoms with E-state index in [0.29, 0.717) is 52.3 Å². The van der Waals surface area contributed by atoms with E-state index < -0.39 is 11.9 Å². The van der Waals surface area contributed by atoms with E-state index >= 15 is 0 Å². The number of hydrogen-bond donors (Lipinski definition) is 2. The van der Waals surface area contributed by atoms with E-state index in [1.807, 2.05) is 13.8 Å². The lowest BCUT2D eigenvalue weighted by atomic mass is 9.75. The zero-order valence-electron chi connectivity index (χ0n) is 18.3. The SMILES string of the molecule is CCOc1cc([C@H]2C(C(=O)OC[C@H]3CCCO3)=C(C)NC3=C2C(=O)CCC3)cc(Br)c1O. The minimum atomic E-state index is -0.604. The Kier molecular flexibility index (Phi) is 6.90. The van der Waals surface area contributed by atoms with Gasteiger partial charge in [-0.2, -0.15) is 0 Å². The van der Waals surface area contributed by atoms with Crippen molar-refractivity contribution in [1.29, 1.82) is 0 Å². The van der Waals surface area contributed by atoms with Crippen LogP contribution in [0.25, 0.3) is 0 Å². The zero-order valence-corrected chi connectivity index (χ0v) is 19.9. The van der Waals surface area contributed by atoms with E-state index in [1.165, 1.54) is 0 Å². The van der Waals surface area contributed by atoms with Crippen molar-refractivity contribution in [2.24, 2.45) is 0 Å². The van der Waals surface area contributed by atoms with Crippen molar-refractivity contribution in [2.45, 2.75) is 58.0 Å². The van der Waals surface area contributed by atoms with E-state index in [2.05, 4.69) is 21.2 Å². The number of phenolic OH excluding ortho intramolecular Hbond substituents is 1. The molecule has 8 heteroatoms. The van der Waals surface area contributed by atoms with Crippen LogP contribution < -0.4 is 10.1 Å². The van der Waals surface area contributed by atoms with Crippen LogP contribution in [0, 0.1) is 0 Å². The number of ether oxygens (including phenoxy) is 3. The summed E-state index contributed by atoms with van der Waals surface area (Å²) >= 11 is 3.39.